The van der Waals surface area contributed by atoms with Crippen molar-refractivity contribution >= 4 is 5.97 Å². The molecular weight excluding hydrogens is 684 g/mol. The van der Waals surface area contributed by atoms with Crippen LogP contribution in [0.25, 0.3) is 0 Å². The minimum Gasteiger partial charge on any atom is -0.457 e. The molecule has 6 atom stereocenters. The van der Waals surface area contributed by atoms with Crippen LogP contribution in [0.15, 0.2) is 72.9 Å². The number of carbonyl (C=O) groups is 1. The molecule has 310 valence electrons. The van der Waals surface area contributed by atoms with Gasteiger partial charge in [0.1, 0.15) is 30.5 Å². The van der Waals surface area contributed by atoms with E-state index in [1.807, 2.05) is 0 Å². The average Bonchev–Trinajstić information content (AvgIpc) is 3.17. The summed E-state index contributed by atoms with van der Waals surface area (Å²) in [5.74, 6) is -0.335. The quantitative estimate of drug-likeness (QED) is 0.0288. The molecule has 0 amide bonds. The van der Waals surface area contributed by atoms with Gasteiger partial charge in [-0.1, -0.05) is 145 Å². The highest BCUT2D eigenvalue weighted by Crippen LogP contribution is 2.22. The lowest BCUT2D eigenvalue weighted by Crippen LogP contribution is -2.59. The van der Waals surface area contributed by atoms with Gasteiger partial charge in [0.05, 0.1) is 19.8 Å². The zero-order valence-electron chi connectivity index (χ0n) is 33.7. The molecule has 1 rings (SSSR count). The van der Waals surface area contributed by atoms with Crippen molar-refractivity contribution in [3.8, 4) is 0 Å². The summed E-state index contributed by atoms with van der Waals surface area (Å²) in [6, 6.07) is 0. The second kappa shape index (κ2) is 36.3. The van der Waals surface area contributed by atoms with E-state index in [1.165, 1.54) is 38.5 Å². The average molecular weight is 761 g/mol. The zero-order chi connectivity index (χ0) is 39.3. The van der Waals surface area contributed by atoms with E-state index >= 15 is 0 Å². The molecule has 1 aliphatic rings. The monoisotopic (exact) mass is 761 g/mol. The summed E-state index contributed by atoms with van der Waals surface area (Å²) in [6.45, 7) is 4.35. The van der Waals surface area contributed by atoms with Crippen molar-refractivity contribution in [2.24, 2.45) is 0 Å². The van der Waals surface area contributed by atoms with Gasteiger partial charge in [0.2, 0.25) is 0 Å². The molecule has 0 saturated carbocycles. The van der Waals surface area contributed by atoms with Crippen LogP contribution in [0.3, 0.4) is 0 Å². The highest BCUT2D eigenvalue weighted by Gasteiger charge is 2.44. The highest BCUT2D eigenvalue weighted by molar-refractivity contribution is 5.69. The Hall–Kier alpha value is -2.37. The summed E-state index contributed by atoms with van der Waals surface area (Å²) in [4.78, 5) is 12.7. The number of aliphatic hydroxyl groups excluding tert-OH is 4. The van der Waals surface area contributed by atoms with Crippen LogP contribution in [0.2, 0.25) is 0 Å². The fourth-order valence-corrected chi connectivity index (χ4v) is 5.85. The summed E-state index contributed by atoms with van der Waals surface area (Å²) >= 11 is 0. The maximum absolute atomic E-state index is 12.7. The zero-order valence-corrected chi connectivity index (χ0v) is 33.7. The molecule has 0 spiro atoms. The van der Waals surface area contributed by atoms with Gasteiger partial charge in [-0.3, -0.25) is 4.79 Å². The molecule has 54 heavy (non-hydrogen) atoms. The van der Waals surface area contributed by atoms with E-state index in [-0.39, 0.29) is 19.2 Å². The predicted octanol–water partition coefficient (Wildman–Crippen LogP) is 8.91. The fraction of sp³-hybridized carbons (Fsp3) is 0.711. The third-order valence-corrected chi connectivity index (χ3v) is 9.14. The molecule has 9 nitrogen and oxygen atoms in total. The van der Waals surface area contributed by atoms with Gasteiger partial charge in [-0.05, 0) is 64.2 Å². The van der Waals surface area contributed by atoms with Gasteiger partial charge in [0.25, 0.3) is 0 Å². The molecule has 0 aliphatic carbocycles. The van der Waals surface area contributed by atoms with Crippen LogP contribution in [-0.4, -0.2) is 89.6 Å². The Morgan fingerprint density at radius 1 is 0.611 bits per heavy atom. The molecule has 0 aromatic carbocycles. The molecule has 0 aromatic heterocycles. The summed E-state index contributed by atoms with van der Waals surface area (Å²) in [5.41, 5.74) is 0. The van der Waals surface area contributed by atoms with E-state index in [4.69, 9.17) is 18.9 Å². The van der Waals surface area contributed by atoms with Crippen molar-refractivity contribution in [1.82, 2.24) is 0 Å². The molecule has 1 heterocycles. The molecule has 1 fully saturated rings. The number of esters is 1. The molecule has 4 N–H and O–H groups in total. The minimum absolute atomic E-state index is 0.123. The first kappa shape index (κ1) is 49.6. The Bertz CT molecular complexity index is 1050. The number of rotatable bonds is 34. The van der Waals surface area contributed by atoms with Gasteiger partial charge < -0.3 is 39.4 Å². The molecule has 1 saturated heterocycles. The third kappa shape index (κ3) is 27.2. The number of hydrogen-bond donors (Lipinski definition) is 4. The topological polar surface area (TPSA) is 135 Å². The lowest BCUT2D eigenvalue weighted by Gasteiger charge is -2.39. The van der Waals surface area contributed by atoms with Crippen LogP contribution in [0.1, 0.15) is 142 Å². The van der Waals surface area contributed by atoms with Crippen LogP contribution in [0.5, 0.6) is 0 Å². The Morgan fingerprint density at radius 2 is 1.13 bits per heavy atom. The lowest BCUT2D eigenvalue weighted by atomic mass is 9.99. The van der Waals surface area contributed by atoms with Gasteiger partial charge in [-0.15, -0.1) is 0 Å². The van der Waals surface area contributed by atoms with Crippen molar-refractivity contribution in [1.29, 1.82) is 0 Å². The van der Waals surface area contributed by atoms with Crippen molar-refractivity contribution in [3.63, 3.8) is 0 Å². The number of ether oxygens (including phenoxy) is 4. The third-order valence-electron chi connectivity index (χ3n) is 9.14. The van der Waals surface area contributed by atoms with Gasteiger partial charge in [0.15, 0.2) is 6.29 Å². The van der Waals surface area contributed by atoms with E-state index in [0.717, 1.165) is 83.5 Å². The Balaban J connectivity index is 2.20. The van der Waals surface area contributed by atoms with Gasteiger partial charge in [-0.2, -0.15) is 0 Å². The predicted molar refractivity (Wildman–Crippen MR) is 219 cm³/mol. The SMILES string of the molecule is CC/C=C\C/C=C\C/C=C\C/C=C\C/C=C\C/C=C\CCCCCCCCC(=O)OC(COCCCCCCCC)COC1OC(CO)C(O)C(O)C1O. The first-order chi connectivity index (χ1) is 26.4. The number of allylic oxidation sites excluding steroid dienone is 12. The fourth-order valence-electron chi connectivity index (χ4n) is 5.85. The molecular formula is C45H76O9. The Morgan fingerprint density at radius 3 is 1.70 bits per heavy atom. The molecule has 6 unspecified atom stereocenters. The largest absolute Gasteiger partial charge is 0.457 e. The van der Waals surface area contributed by atoms with Crippen molar-refractivity contribution in [3.05, 3.63) is 72.9 Å². The summed E-state index contributed by atoms with van der Waals surface area (Å²) in [6.07, 6.45) is 39.5. The van der Waals surface area contributed by atoms with Crippen LogP contribution in [0, 0.1) is 0 Å². The number of carbonyl (C=O) groups excluding carboxylic acids is 1. The Kier molecular flexibility index (Phi) is 33.4. The van der Waals surface area contributed by atoms with Crippen LogP contribution < -0.4 is 0 Å². The maximum atomic E-state index is 12.7. The van der Waals surface area contributed by atoms with Crippen molar-refractivity contribution in [2.75, 3.05) is 26.4 Å². The summed E-state index contributed by atoms with van der Waals surface area (Å²) in [5, 5.41) is 39.9. The molecule has 0 bridgehead atoms. The van der Waals surface area contributed by atoms with Gasteiger partial charge in [0, 0.05) is 13.0 Å². The number of unbranched alkanes of at least 4 members (excludes halogenated alkanes) is 11. The Labute approximate surface area is 327 Å². The number of aliphatic hydroxyl groups is 4. The first-order valence-corrected chi connectivity index (χ1v) is 21.0. The standard InChI is InChI=1S/C45H76O9/c1-3-5-7-9-11-12-13-14-15-16-17-18-19-20-21-22-23-24-25-26-27-28-29-30-32-34-41(47)53-39(37-51-35-33-31-10-8-6-4-2)38-52-45-44(50)43(49)42(48)40(36-46)54-45/h5,7,11-12,14-15,17-18,20-21,23-24,39-40,42-46,48-50H,3-4,6,8-10,13,16,19,22,25-38H2,1-2H3/b7-5-,12-11-,15-14-,18-17-,21-20-,24-23-. The van der Waals surface area contributed by atoms with E-state index in [0.29, 0.717) is 13.0 Å². The smallest absolute Gasteiger partial charge is 0.306 e. The second-order valence-electron chi connectivity index (χ2n) is 14.1. The van der Waals surface area contributed by atoms with Gasteiger partial charge >= 0.3 is 5.97 Å². The molecule has 0 radical (unpaired) electrons. The minimum atomic E-state index is -1.54. The molecule has 0 aromatic rings. The van der Waals surface area contributed by atoms with Crippen molar-refractivity contribution < 1.29 is 44.2 Å². The summed E-state index contributed by atoms with van der Waals surface area (Å²) in [7, 11) is 0. The van der Waals surface area contributed by atoms with Crippen LogP contribution in [0.4, 0.5) is 0 Å². The first-order valence-electron chi connectivity index (χ1n) is 21.0. The number of hydrogen-bond acceptors (Lipinski definition) is 9. The van der Waals surface area contributed by atoms with Crippen LogP contribution in [-0.2, 0) is 23.7 Å². The maximum Gasteiger partial charge on any atom is 0.306 e. The normalized spacial score (nSPS) is 21.6. The highest BCUT2D eigenvalue weighted by atomic mass is 16.7. The van der Waals surface area contributed by atoms with E-state index in [2.05, 4.69) is 86.8 Å². The molecule has 1 aliphatic heterocycles. The van der Waals surface area contributed by atoms with E-state index in [9.17, 15) is 25.2 Å². The lowest BCUT2D eigenvalue weighted by molar-refractivity contribution is -0.305. The second-order valence-corrected chi connectivity index (χ2v) is 14.1. The van der Waals surface area contributed by atoms with E-state index in [1.54, 1.807) is 0 Å². The molecule has 9 heteroatoms. The van der Waals surface area contributed by atoms with E-state index < -0.39 is 43.4 Å². The van der Waals surface area contributed by atoms with Crippen molar-refractivity contribution in [2.45, 2.75) is 179 Å². The van der Waals surface area contributed by atoms with Crippen LogP contribution >= 0.6 is 0 Å². The van der Waals surface area contributed by atoms with Gasteiger partial charge in [-0.25, -0.2) is 0 Å². The summed E-state index contributed by atoms with van der Waals surface area (Å²) < 4.78 is 22.6.